The Bertz CT molecular complexity index is 450. The number of nitrogens with zero attached hydrogens (tertiary/aromatic N) is 1. The number of non-ortho nitro benzene ring substituents is 1. The molecule has 20 heavy (non-hydrogen) atoms. The molecule has 1 atom stereocenters. The summed E-state index contributed by atoms with van der Waals surface area (Å²) in [5.74, 6) is 0. The van der Waals surface area contributed by atoms with Gasteiger partial charge in [0.2, 0.25) is 0 Å². The van der Waals surface area contributed by atoms with E-state index in [1.165, 1.54) is 32.1 Å². The second kappa shape index (κ2) is 6.35. The van der Waals surface area contributed by atoms with Crippen molar-refractivity contribution in [2.45, 2.75) is 52.0 Å². The topological polar surface area (TPSA) is 55.2 Å². The Morgan fingerprint density at radius 3 is 2.40 bits per heavy atom. The van der Waals surface area contributed by atoms with Gasteiger partial charge in [-0.05, 0) is 30.7 Å². The van der Waals surface area contributed by atoms with Crippen molar-refractivity contribution in [2.75, 3.05) is 6.54 Å². The molecule has 4 nitrogen and oxygen atoms in total. The van der Waals surface area contributed by atoms with Crippen molar-refractivity contribution in [1.29, 1.82) is 0 Å². The lowest BCUT2D eigenvalue weighted by Crippen LogP contribution is -2.34. The van der Waals surface area contributed by atoms with Gasteiger partial charge < -0.3 is 5.32 Å². The number of rotatable bonds is 5. The summed E-state index contributed by atoms with van der Waals surface area (Å²) in [5.41, 5.74) is 1.67. The fourth-order valence-corrected chi connectivity index (χ4v) is 2.98. The Morgan fingerprint density at radius 2 is 1.85 bits per heavy atom. The summed E-state index contributed by atoms with van der Waals surface area (Å²) in [6.45, 7) is 5.50. The molecule has 0 radical (unpaired) electrons. The van der Waals surface area contributed by atoms with Crippen LogP contribution in [-0.2, 0) is 0 Å². The maximum Gasteiger partial charge on any atom is 0.269 e. The minimum absolute atomic E-state index is 0.153. The lowest BCUT2D eigenvalue weighted by molar-refractivity contribution is -0.384. The summed E-state index contributed by atoms with van der Waals surface area (Å²) >= 11 is 0. The van der Waals surface area contributed by atoms with Crippen LogP contribution in [0.4, 0.5) is 5.69 Å². The van der Waals surface area contributed by atoms with Crippen molar-refractivity contribution in [3.05, 3.63) is 39.9 Å². The molecular weight excluding hydrogens is 252 g/mol. The molecular formula is C16H24N2O2. The van der Waals surface area contributed by atoms with E-state index < -0.39 is 0 Å². The van der Waals surface area contributed by atoms with E-state index in [0.29, 0.717) is 5.41 Å². The quantitative estimate of drug-likeness (QED) is 0.647. The molecule has 1 aromatic carbocycles. The van der Waals surface area contributed by atoms with Gasteiger partial charge >= 0.3 is 0 Å². The second-order valence-corrected chi connectivity index (χ2v) is 6.32. The highest BCUT2D eigenvalue weighted by Gasteiger charge is 2.26. The maximum atomic E-state index is 10.6. The lowest BCUT2D eigenvalue weighted by Gasteiger charge is -2.35. The Balaban J connectivity index is 1.90. The third-order valence-electron chi connectivity index (χ3n) is 4.50. The molecule has 0 aliphatic heterocycles. The fraction of sp³-hybridized carbons (Fsp3) is 0.625. The first-order valence-corrected chi connectivity index (χ1v) is 7.48. The largest absolute Gasteiger partial charge is 0.310 e. The molecule has 1 N–H and O–H groups in total. The highest BCUT2D eigenvalue weighted by molar-refractivity contribution is 5.34. The summed E-state index contributed by atoms with van der Waals surface area (Å²) in [5, 5.41) is 14.2. The van der Waals surface area contributed by atoms with Crippen molar-refractivity contribution < 1.29 is 4.92 Å². The van der Waals surface area contributed by atoms with Crippen LogP contribution in [0.15, 0.2) is 24.3 Å². The fourth-order valence-electron chi connectivity index (χ4n) is 2.98. The zero-order chi connectivity index (χ0) is 14.6. The van der Waals surface area contributed by atoms with Crippen LogP contribution in [0.5, 0.6) is 0 Å². The van der Waals surface area contributed by atoms with Gasteiger partial charge in [-0.3, -0.25) is 10.1 Å². The molecule has 110 valence electrons. The van der Waals surface area contributed by atoms with E-state index in [1.807, 2.05) is 12.1 Å². The molecule has 2 rings (SSSR count). The normalized spacial score (nSPS) is 19.5. The summed E-state index contributed by atoms with van der Waals surface area (Å²) in [6, 6.07) is 7.08. The Labute approximate surface area is 120 Å². The van der Waals surface area contributed by atoms with Crippen molar-refractivity contribution in [3.8, 4) is 0 Å². The molecule has 0 aromatic heterocycles. The molecule has 4 heteroatoms. The van der Waals surface area contributed by atoms with E-state index in [9.17, 15) is 10.1 Å². The molecule has 0 spiro atoms. The van der Waals surface area contributed by atoms with Crippen molar-refractivity contribution in [1.82, 2.24) is 5.32 Å². The van der Waals surface area contributed by atoms with Crippen molar-refractivity contribution in [3.63, 3.8) is 0 Å². The van der Waals surface area contributed by atoms with E-state index in [0.717, 1.165) is 12.1 Å². The first-order valence-electron chi connectivity index (χ1n) is 7.48. The minimum atomic E-state index is -0.356. The van der Waals surface area contributed by atoms with Crippen LogP contribution < -0.4 is 5.32 Å². The molecule has 1 fully saturated rings. The molecule has 0 amide bonds. The first kappa shape index (κ1) is 15.0. The van der Waals surface area contributed by atoms with E-state index in [4.69, 9.17) is 0 Å². The zero-order valence-electron chi connectivity index (χ0n) is 12.4. The smallest absolute Gasteiger partial charge is 0.269 e. The van der Waals surface area contributed by atoms with Gasteiger partial charge in [-0.15, -0.1) is 0 Å². The van der Waals surface area contributed by atoms with Gasteiger partial charge in [0, 0.05) is 24.7 Å². The van der Waals surface area contributed by atoms with Gasteiger partial charge in [0.05, 0.1) is 4.92 Å². The van der Waals surface area contributed by atoms with Gasteiger partial charge in [0.1, 0.15) is 0 Å². The number of hydrogen-bond donors (Lipinski definition) is 1. The van der Waals surface area contributed by atoms with Crippen LogP contribution in [0.3, 0.4) is 0 Å². The monoisotopic (exact) mass is 276 g/mol. The standard InChI is InChI=1S/C16H24N2O2/c1-13(14-6-8-15(9-7-14)18(19)20)17-12-16(2)10-4-3-5-11-16/h6-9,13,17H,3-5,10-12H2,1-2H3. The molecule has 1 aliphatic rings. The second-order valence-electron chi connectivity index (χ2n) is 6.32. The Hall–Kier alpha value is -1.42. The van der Waals surface area contributed by atoms with Gasteiger partial charge in [-0.25, -0.2) is 0 Å². The predicted molar refractivity (Wildman–Crippen MR) is 80.7 cm³/mol. The molecule has 1 saturated carbocycles. The van der Waals surface area contributed by atoms with Gasteiger partial charge in [-0.1, -0.05) is 38.3 Å². The van der Waals surface area contributed by atoms with Crippen LogP contribution in [0.1, 0.15) is 57.6 Å². The number of nitro groups is 1. The third-order valence-corrected chi connectivity index (χ3v) is 4.50. The van der Waals surface area contributed by atoms with E-state index in [2.05, 4.69) is 19.2 Å². The number of nitrogens with one attached hydrogen (secondary N) is 1. The first-order chi connectivity index (χ1) is 9.50. The number of nitro benzene ring substituents is 1. The van der Waals surface area contributed by atoms with Crippen LogP contribution in [0.2, 0.25) is 0 Å². The SMILES string of the molecule is CC(NCC1(C)CCCCC1)c1ccc([N+](=O)[O-])cc1. The molecule has 1 aromatic rings. The van der Waals surface area contributed by atoms with Gasteiger partial charge in [0.15, 0.2) is 0 Å². The van der Waals surface area contributed by atoms with E-state index >= 15 is 0 Å². The summed E-state index contributed by atoms with van der Waals surface area (Å²) in [4.78, 5) is 10.3. The summed E-state index contributed by atoms with van der Waals surface area (Å²) in [7, 11) is 0. The van der Waals surface area contributed by atoms with Gasteiger partial charge in [0.25, 0.3) is 5.69 Å². The molecule has 0 heterocycles. The Morgan fingerprint density at radius 1 is 1.25 bits per heavy atom. The Kier molecular flexibility index (Phi) is 4.76. The van der Waals surface area contributed by atoms with Crippen molar-refractivity contribution in [2.24, 2.45) is 5.41 Å². The maximum absolute atomic E-state index is 10.6. The third kappa shape index (κ3) is 3.79. The zero-order valence-corrected chi connectivity index (χ0v) is 12.4. The number of benzene rings is 1. The summed E-state index contributed by atoms with van der Waals surface area (Å²) in [6.07, 6.45) is 6.64. The van der Waals surface area contributed by atoms with Gasteiger partial charge in [-0.2, -0.15) is 0 Å². The van der Waals surface area contributed by atoms with Crippen LogP contribution in [-0.4, -0.2) is 11.5 Å². The van der Waals surface area contributed by atoms with Crippen LogP contribution in [0.25, 0.3) is 0 Å². The minimum Gasteiger partial charge on any atom is -0.310 e. The lowest BCUT2D eigenvalue weighted by atomic mass is 9.75. The summed E-state index contributed by atoms with van der Waals surface area (Å²) < 4.78 is 0. The van der Waals surface area contributed by atoms with E-state index in [1.54, 1.807) is 12.1 Å². The highest BCUT2D eigenvalue weighted by atomic mass is 16.6. The van der Waals surface area contributed by atoms with Crippen LogP contribution in [0, 0.1) is 15.5 Å². The van der Waals surface area contributed by atoms with Crippen molar-refractivity contribution >= 4 is 5.69 Å². The predicted octanol–water partition coefficient (Wildman–Crippen LogP) is 4.22. The average Bonchev–Trinajstić information content (AvgIpc) is 2.46. The molecule has 1 unspecified atom stereocenters. The van der Waals surface area contributed by atoms with E-state index in [-0.39, 0.29) is 16.7 Å². The highest BCUT2D eigenvalue weighted by Crippen LogP contribution is 2.35. The molecule has 1 aliphatic carbocycles. The molecule has 0 bridgehead atoms. The average molecular weight is 276 g/mol. The van der Waals surface area contributed by atoms with Crippen LogP contribution >= 0.6 is 0 Å². The molecule has 0 saturated heterocycles. The number of hydrogen-bond acceptors (Lipinski definition) is 3.